The SMILES string of the molecule is CC(C)C[Si]([19F])(CC(C)C)c1ccc(CC(=O)O)cc1. The number of carboxylic acid groups (broad SMARTS) is 1. The van der Waals surface area contributed by atoms with E-state index in [0.29, 0.717) is 23.9 Å². The summed E-state index contributed by atoms with van der Waals surface area (Å²) in [5, 5.41) is 9.57. The number of aliphatic carboxylic acids is 1. The third-order valence-electron chi connectivity index (χ3n) is 3.29. The molecule has 2 nitrogen and oxygen atoms in total. The minimum absolute atomic E-state index is 0.00448. The first-order chi connectivity index (χ1) is 9.23. The molecule has 1 N–H and O–H groups in total. The maximum absolute atomic E-state index is 15.4. The Kier molecular flexibility index (Phi) is 5.93. The van der Waals surface area contributed by atoms with Gasteiger partial charge in [0, 0.05) is 0 Å². The highest BCUT2D eigenvalue weighted by atomic mass is 28.4. The molecule has 1 rings (SSSR count). The smallest absolute Gasteiger partial charge is 0.307 e. The van der Waals surface area contributed by atoms with Gasteiger partial charge in [-0.25, -0.2) is 0 Å². The molecule has 1 aromatic rings. The molecule has 0 heterocycles. The molecule has 0 aliphatic carbocycles. The average molecular weight is 296 g/mol. The molecule has 0 radical (unpaired) electrons. The maximum Gasteiger partial charge on any atom is 0.307 e. The van der Waals surface area contributed by atoms with Gasteiger partial charge in [-0.3, -0.25) is 4.79 Å². The molecular weight excluding hydrogens is 271 g/mol. The number of benzene rings is 1. The summed E-state index contributed by atoms with van der Waals surface area (Å²) in [6.45, 7) is 8.22. The minimum atomic E-state index is -2.96. The van der Waals surface area contributed by atoms with Gasteiger partial charge >= 0.3 is 5.97 Å². The van der Waals surface area contributed by atoms with Gasteiger partial charge in [0.15, 0.2) is 0 Å². The van der Waals surface area contributed by atoms with Crippen LogP contribution in [0.5, 0.6) is 0 Å². The third-order valence-corrected chi connectivity index (χ3v) is 7.59. The first-order valence-electron chi connectivity index (χ1n) is 7.23. The molecule has 0 bridgehead atoms. The molecule has 4 heteroatoms. The molecule has 0 aliphatic rings. The largest absolute Gasteiger partial charge is 0.481 e. The fourth-order valence-electron chi connectivity index (χ4n) is 2.71. The number of hydrogen-bond acceptors (Lipinski definition) is 1. The average Bonchev–Trinajstić information content (AvgIpc) is 2.26. The predicted molar refractivity (Wildman–Crippen MR) is 83.6 cm³/mol. The Bertz CT molecular complexity index is 430. The first kappa shape index (κ1) is 16.9. The summed E-state index contributed by atoms with van der Waals surface area (Å²) in [7, 11) is -2.96. The van der Waals surface area contributed by atoms with Gasteiger partial charge in [-0.1, -0.05) is 52.0 Å². The van der Waals surface area contributed by atoms with Gasteiger partial charge in [0.1, 0.15) is 0 Å². The van der Waals surface area contributed by atoms with E-state index in [4.69, 9.17) is 5.11 Å². The van der Waals surface area contributed by atoms with Crippen molar-refractivity contribution < 1.29 is 14.0 Å². The summed E-state index contributed by atoms with van der Waals surface area (Å²) < 4.78 is 15.4. The zero-order valence-electron chi connectivity index (χ0n) is 12.8. The monoisotopic (exact) mass is 296 g/mol. The Morgan fingerprint density at radius 1 is 1.10 bits per heavy atom. The zero-order valence-corrected chi connectivity index (χ0v) is 13.8. The summed E-state index contributed by atoms with van der Waals surface area (Å²) in [5.41, 5.74) is 0.728. The maximum atomic E-state index is 15.4. The zero-order chi connectivity index (χ0) is 15.3. The Labute approximate surface area is 122 Å². The Balaban J connectivity index is 2.98. The van der Waals surface area contributed by atoms with Gasteiger partial charge in [0.05, 0.1) is 6.42 Å². The second-order valence-corrected chi connectivity index (χ2v) is 9.75. The van der Waals surface area contributed by atoms with Crippen LogP contribution in [-0.4, -0.2) is 19.5 Å². The van der Waals surface area contributed by atoms with Crippen LogP contribution < -0.4 is 5.19 Å². The van der Waals surface area contributed by atoms with Gasteiger partial charge in [-0.15, -0.1) is 0 Å². The number of rotatable bonds is 7. The molecule has 20 heavy (non-hydrogen) atoms. The third kappa shape index (κ3) is 5.08. The molecule has 0 atom stereocenters. The first-order valence-corrected chi connectivity index (χ1v) is 9.52. The lowest BCUT2D eigenvalue weighted by atomic mass is 10.2. The van der Waals surface area contributed by atoms with E-state index in [2.05, 4.69) is 27.7 Å². The van der Waals surface area contributed by atoms with E-state index in [1.54, 1.807) is 24.3 Å². The fourth-order valence-corrected chi connectivity index (χ4v) is 6.70. The summed E-state index contributed by atoms with van der Waals surface area (Å²) in [6.07, 6.45) is -0.00448. The van der Waals surface area contributed by atoms with Crippen molar-refractivity contribution in [3.63, 3.8) is 0 Å². The molecule has 112 valence electrons. The van der Waals surface area contributed by atoms with E-state index in [1.165, 1.54) is 0 Å². The number of halogens is 1. The molecule has 0 amide bonds. The summed E-state index contributed by atoms with van der Waals surface area (Å²) in [6, 6.07) is 8.37. The van der Waals surface area contributed by atoms with E-state index in [0.717, 1.165) is 10.8 Å². The van der Waals surface area contributed by atoms with Crippen LogP contribution in [0.4, 0.5) is 4.11 Å². The fraction of sp³-hybridized carbons (Fsp3) is 0.562. The minimum Gasteiger partial charge on any atom is -0.481 e. The number of carboxylic acids is 1. The van der Waals surface area contributed by atoms with Crippen LogP contribution in [-0.2, 0) is 11.2 Å². The van der Waals surface area contributed by atoms with Crippen molar-refractivity contribution in [3.05, 3.63) is 29.8 Å². The van der Waals surface area contributed by atoms with Crippen molar-refractivity contribution in [2.24, 2.45) is 11.8 Å². The van der Waals surface area contributed by atoms with Crippen molar-refractivity contribution in [2.75, 3.05) is 0 Å². The topological polar surface area (TPSA) is 37.3 Å². The quantitative estimate of drug-likeness (QED) is 0.614. The van der Waals surface area contributed by atoms with Crippen LogP contribution in [0.15, 0.2) is 24.3 Å². The van der Waals surface area contributed by atoms with Crippen molar-refractivity contribution in [3.8, 4) is 0 Å². The summed E-state index contributed by atoms with van der Waals surface area (Å²) >= 11 is 0. The van der Waals surface area contributed by atoms with Crippen molar-refractivity contribution >= 4 is 19.6 Å². The lowest BCUT2D eigenvalue weighted by molar-refractivity contribution is -0.136. The molecule has 0 saturated carbocycles. The highest BCUT2D eigenvalue weighted by molar-refractivity contribution is 6.86. The van der Waals surface area contributed by atoms with Gasteiger partial charge in [-0.2, -0.15) is 0 Å². The van der Waals surface area contributed by atoms with Crippen molar-refractivity contribution in [1.82, 2.24) is 0 Å². The van der Waals surface area contributed by atoms with Gasteiger partial charge in [0.25, 0.3) is 8.41 Å². The molecule has 0 saturated heterocycles. The lowest BCUT2D eigenvalue weighted by Crippen LogP contribution is -2.45. The van der Waals surface area contributed by atoms with Crippen LogP contribution in [0.2, 0.25) is 12.1 Å². The molecule has 1 aromatic carbocycles. The Morgan fingerprint density at radius 3 is 1.90 bits per heavy atom. The lowest BCUT2D eigenvalue weighted by Gasteiger charge is -2.26. The second-order valence-electron chi connectivity index (χ2n) is 6.43. The van der Waals surface area contributed by atoms with Gasteiger partial charge < -0.3 is 9.21 Å². The highest BCUT2D eigenvalue weighted by Crippen LogP contribution is 2.26. The molecular formula is C16H25FO2Si. The van der Waals surface area contributed by atoms with E-state index in [-0.39, 0.29) is 6.42 Å². The van der Waals surface area contributed by atoms with Crippen LogP contribution in [0.25, 0.3) is 0 Å². The molecule has 0 unspecified atom stereocenters. The molecule has 0 aromatic heterocycles. The van der Waals surface area contributed by atoms with Crippen LogP contribution in [0.3, 0.4) is 0 Å². The summed E-state index contributed by atoms with van der Waals surface area (Å²) in [4.78, 5) is 10.7. The van der Waals surface area contributed by atoms with Gasteiger partial charge in [0.2, 0.25) is 0 Å². The van der Waals surface area contributed by atoms with E-state index in [1.807, 2.05) is 0 Å². The van der Waals surface area contributed by atoms with Crippen LogP contribution in [0, 0.1) is 11.8 Å². The van der Waals surface area contributed by atoms with Gasteiger partial charge in [-0.05, 0) is 34.7 Å². The Morgan fingerprint density at radius 2 is 1.55 bits per heavy atom. The number of hydrogen-bond donors (Lipinski definition) is 1. The number of carbonyl (C=O) groups is 1. The Hall–Kier alpha value is -1.16. The van der Waals surface area contributed by atoms with E-state index < -0.39 is 14.4 Å². The predicted octanol–water partition coefficient (Wildman–Crippen LogP) is 3.75. The van der Waals surface area contributed by atoms with Crippen LogP contribution in [0.1, 0.15) is 33.3 Å². The van der Waals surface area contributed by atoms with E-state index >= 15 is 4.11 Å². The normalized spacial score (nSPS) is 12.2. The van der Waals surface area contributed by atoms with Crippen molar-refractivity contribution in [2.45, 2.75) is 46.2 Å². The molecule has 0 fully saturated rings. The molecule has 0 aliphatic heterocycles. The standard InChI is InChI=1S/C16H25FO2Si/c1-12(2)10-20(17,11-13(3)4)15-7-5-14(6-8-15)9-16(18)19/h5-8,12-13H,9-11H2,1-4H3,(H,18,19)/i17+0. The van der Waals surface area contributed by atoms with Crippen LogP contribution >= 0.6 is 0 Å². The highest BCUT2D eigenvalue weighted by Gasteiger charge is 2.37. The molecule has 0 spiro atoms. The van der Waals surface area contributed by atoms with Crippen molar-refractivity contribution in [1.29, 1.82) is 0 Å². The summed E-state index contributed by atoms with van der Waals surface area (Å²) in [5.74, 6) is -0.181. The van der Waals surface area contributed by atoms with E-state index in [9.17, 15) is 4.79 Å². The second kappa shape index (κ2) is 7.02.